The number of pyridine rings is 1. The first-order valence-corrected chi connectivity index (χ1v) is 6.36. The number of carbonyl (C=O) groups is 2. The lowest BCUT2D eigenvalue weighted by atomic mass is 10.1. The fourth-order valence-electron chi connectivity index (χ4n) is 2.04. The van der Waals surface area contributed by atoms with Gasteiger partial charge in [-0.25, -0.2) is 4.98 Å². The van der Waals surface area contributed by atoms with Gasteiger partial charge in [-0.15, -0.1) is 0 Å². The largest absolute Gasteiger partial charge is 0.326 e. The van der Waals surface area contributed by atoms with E-state index in [0.717, 1.165) is 11.3 Å². The standard InChI is InChI=1S/C14H10ClN3O2/c15-13-11(2-1-5-16-13)18-14(20)8-3-4-10-9(6-8)7-12(19)17-10/h1-6H,7H2,(H,17,19)(H,18,20). The van der Waals surface area contributed by atoms with E-state index in [0.29, 0.717) is 17.7 Å². The molecule has 0 unspecified atom stereocenters. The number of anilines is 2. The summed E-state index contributed by atoms with van der Waals surface area (Å²) in [6.07, 6.45) is 1.84. The van der Waals surface area contributed by atoms with Crippen molar-refractivity contribution in [1.29, 1.82) is 0 Å². The Labute approximate surface area is 120 Å². The highest BCUT2D eigenvalue weighted by molar-refractivity contribution is 6.32. The number of aromatic nitrogens is 1. The molecule has 0 aliphatic carbocycles. The Bertz CT molecular complexity index is 715. The Hall–Kier alpha value is -2.40. The van der Waals surface area contributed by atoms with E-state index in [2.05, 4.69) is 15.6 Å². The highest BCUT2D eigenvalue weighted by atomic mass is 35.5. The average Bonchev–Trinajstić information content (AvgIpc) is 2.80. The molecule has 0 atom stereocenters. The molecule has 1 aromatic carbocycles. The molecule has 3 rings (SSSR count). The lowest BCUT2D eigenvalue weighted by Gasteiger charge is -2.07. The van der Waals surface area contributed by atoms with Crippen molar-refractivity contribution in [1.82, 2.24) is 4.98 Å². The Morgan fingerprint density at radius 2 is 2.20 bits per heavy atom. The highest BCUT2D eigenvalue weighted by Gasteiger charge is 2.19. The van der Waals surface area contributed by atoms with Crippen LogP contribution in [-0.4, -0.2) is 16.8 Å². The second-order valence-corrected chi connectivity index (χ2v) is 4.75. The minimum atomic E-state index is -0.290. The normalized spacial score (nSPS) is 12.8. The van der Waals surface area contributed by atoms with E-state index in [1.165, 1.54) is 0 Å². The third kappa shape index (κ3) is 2.35. The fourth-order valence-corrected chi connectivity index (χ4v) is 2.21. The molecule has 1 aliphatic rings. The van der Waals surface area contributed by atoms with E-state index < -0.39 is 0 Å². The summed E-state index contributed by atoms with van der Waals surface area (Å²) in [4.78, 5) is 27.3. The SMILES string of the molecule is O=C1Cc2cc(C(=O)Nc3cccnc3Cl)ccc2N1. The number of carbonyl (C=O) groups excluding carboxylic acids is 2. The van der Waals surface area contributed by atoms with Crippen LogP contribution < -0.4 is 10.6 Å². The van der Waals surface area contributed by atoms with Crippen LogP contribution in [0, 0.1) is 0 Å². The number of nitrogens with one attached hydrogen (secondary N) is 2. The van der Waals surface area contributed by atoms with Gasteiger partial charge in [-0.2, -0.15) is 0 Å². The maximum Gasteiger partial charge on any atom is 0.255 e. The molecule has 0 spiro atoms. The van der Waals surface area contributed by atoms with Crippen molar-refractivity contribution in [2.24, 2.45) is 0 Å². The van der Waals surface area contributed by atoms with Crippen LogP contribution in [0.2, 0.25) is 5.15 Å². The summed E-state index contributed by atoms with van der Waals surface area (Å²) in [7, 11) is 0. The summed E-state index contributed by atoms with van der Waals surface area (Å²) in [6.45, 7) is 0. The van der Waals surface area contributed by atoms with Crippen molar-refractivity contribution < 1.29 is 9.59 Å². The molecular weight excluding hydrogens is 278 g/mol. The molecule has 0 fully saturated rings. The van der Waals surface area contributed by atoms with E-state index in [4.69, 9.17) is 11.6 Å². The summed E-state index contributed by atoms with van der Waals surface area (Å²) in [5, 5.41) is 5.65. The van der Waals surface area contributed by atoms with Gasteiger partial charge >= 0.3 is 0 Å². The van der Waals surface area contributed by atoms with Crippen LogP contribution in [-0.2, 0) is 11.2 Å². The highest BCUT2D eigenvalue weighted by Crippen LogP contribution is 2.25. The van der Waals surface area contributed by atoms with Crippen molar-refractivity contribution in [2.75, 3.05) is 10.6 Å². The topological polar surface area (TPSA) is 71.1 Å². The Morgan fingerprint density at radius 1 is 1.35 bits per heavy atom. The van der Waals surface area contributed by atoms with E-state index in [9.17, 15) is 9.59 Å². The van der Waals surface area contributed by atoms with E-state index >= 15 is 0 Å². The van der Waals surface area contributed by atoms with Gasteiger partial charge in [-0.1, -0.05) is 11.6 Å². The summed E-state index contributed by atoms with van der Waals surface area (Å²) in [5.74, 6) is -0.352. The second-order valence-electron chi connectivity index (χ2n) is 4.39. The third-order valence-electron chi connectivity index (χ3n) is 3.00. The molecule has 5 nitrogen and oxygen atoms in total. The number of rotatable bonds is 2. The van der Waals surface area contributed by atoms with Crippen LogP contribution in [0.25, 0.3) is 0 Å². The van der Waals surface area contributed by atoms with Crippen molar-refractivity contribution in [3.05, 3.63) is 52.8 Å². The first-order chi connectivity index (χ1) is 9.63. The van der Waals surface area contributed by atoms with Gasteiger partial charge in [-0.3, -0.25) is 9.59 Å². The van der Waals surface area contributed by atoms with Crippen LogP contribution in [0.5, 0.6) is 0 Å². The summed E-state index contributed by atoms with van der Waals surface area (Å²) in [6, 6.07) is 8.44. The molecule has 1 aliphatic heterocycles. The van der Waals surface area contributed by atoms with Crippen LogP contribution in [0.4, 0.5) is 11.4 Å². The number of halogens is 1. The fraction of sp³-hybridized carbons (Fsp3) is 0.0714. The quantitative estimate of drug-likeness (QED) is 0.834. The average molecular weight is 288 g/mol. The first-order valence-electron chi connectivity index (χ1n) is 5.98. The first kappa shape index (κ1) is 12.6. The molecule has 20 heavy (non-hydrogen) atoms. The molecule has 2 amide bonds. The van der Waals surface area contributed by atoms with Crippen LogP contribution >= 0.6 is 11.6 Å². The van der Waals surface area contributed by atoms with Gasteiger partial charge in [0.25, 0.3) is 5.91 Å². The van der Waals surface area contributed by atoms with E-state index in [1.807, 2.05) is 0 Å². The number of amides is 2. The Kier molecular flexibility index (Phi) is 3.12. The zero-order valence-electron chi connectivity index (χ0n) is 10.3. The summed E-state index contributed by atoms with van der Waals surface area (Å²) < 4.78 is 0. The second kappa shape index (κ2) is 4.94. The molecule has 100 valence electrons. The molecule has 2 aromatic rings. The van der Waals surface area contributed by atoms with Crippen LogP contribution in [0.3, 0.4) is 0 Å². The predicted octanol–water partition coefficient (Wildman–Crippen LogP) is 2.48. The number of hydrogen-bond acceptors (Lipinski definition) is 3. The molecular formula is C14H10ClN3O2. The number of fused-ring (bicyclic) bond motifs is 1. The van der Waals surface area contributed by atoms with Gasteiger partial charge in [0.15, 0.2) is 5.15 Å². The zero-order valence-corrected chi connectivity index (χ0v) is 11.1. The van der Waals surface area contributed by atoms with Gasteiger partial charge in [0.2, 0.25) is 5.91 Å². The summed E-state index contributed by atoms with van der Waals surface area (Å²) in [5.41, 5.74) is 2.50. The number of benzene rings is 1. The van der Waals surface area contributed by atoms with E-state index in [1.54, 1.807) is 36.5 Å². The molecule has 0 saturated carbocycles. The molecule has 0 bridgehead atoms. The van der Waals surface area contributed by atoms with Gasteiger partial charge < -0.3 is 10.6 Å². The maximum atomic E-state index is 12.1. The molecule has 2 N–H and O–H groups in total. The Balaban J connectivity index is 1.84. The number of nitrogens with zero attached hydrogens (tertiary/aromatic N) is 1. The molecule has 6 heteroatoms. The zero-order chi connectivity index (χ0) is 14.1. The van der Waals surface area contributed by atoms with Crippen LogP contribution in [0.1, 0.15) is 15.9 Å². The minimum absolute atomic E-state index is 0.0622. The van der Waals surface area contributed by atoms with Gasteiger partial charge in [0, 0.05) is 17.4 Å². The van der Waals surface area contributed by atoms with Gasteiger partial charge in [-0.05, 0) is 35.9 Å². The molecule has 2 heterocycles. The van der Waals surface area contributed by atoms with Gasteiger partial charge in [0.05, 0.1) is 12.1 Å². The number of hydrogen-bond donors (Lipinski definition) is 2. The van der Waals surface area contributed by atoms with Crippen molar-refractivity contribution in [2.45, 2.75) is 6.42 Å². The molecule has 0 saturated heterocycles. The van der Waals surface area contributed by atoms with Crippen LogP contribution in [0.15, 0.2) is 36.5 Å². The monoisotopic (exact) mass is 287 g/mol. The maximum absolute atomic E-state index is 12.1. The third-order valence-corrected chi connectivity index (χ3v) is 3.30. The predicted molar refractivity (Wildman–Crippen MR) is 76.0 cm³/mol. The lowest BCUT2D eigenvalue weighted by Crippen LogP contribution is -2.12. The lowest BCUT2D eigenvalue weighted by molar-refractivity contribution is -0.115. The van der Waals surface area contributed by atoms with Crippen molar-refractivity contribution >= 4 is 34.8 Å². The molecule has 1 aromatic heterocycles. The van der Waals surface area contributed by atoms with Gasteiger partial charge in [0.1, 0.15) is 0 Å². The Morgan fingerprint density at radius 3 is 3.00 bits per heavy atom. The van der Waals surface area contributed by atoms with Crippen molar-refractivity contribution in [3.8, 4) is 0 Å². The molecule has 0 radical (unpaired) electrons. The smallest absolute Gasteiger partial charge is 0.255 e. The summed E-state index contributed by atoms with van der Waals surface area (Å²) >= 11 is 5.89. The minimum Gasteiger partial charge on any atom is -0.326 e. The van der Waals surface area contributed by atoms with E-state index in [-0.39, 0.29) is 17.0 Å². The van der Waals surface area contributed by atoms with Crippen molar-refractivity contribution in [3.63, 3.8) is 0 Å².